The Hall–Kier alpha value is -0.0600. The van der Waals surface area contributed by atoms with E-state index in [1.807, 2.05) is 6.92 Å². The zero-order valence-corrected chi connectivity index (χ0v) is 13.0. The lowest BCUT2D eigenvalue weighted by atomic mass is 10.2. The maximum Gasteiger partial charge on any atom is 0.251 e. The third-order valence-electron chi connectivity index (χ3n) is 1.96. The van der Waals surface area contributed by atoms with Gasteiger partial charge in [-0.05, 0) is 28.4 Å². The van der Waals surface area contributed by atoms with Gasteiger partial charge in [0, 0.05) is 0 Å². The van der Waals surface area contributed by atoms with Crippen molar-refractivity contribution < 1.29 is 8.42 Å². The van der Waals surface area contributed by atoms with E-state index in [0.29, 0.717) is 15.2 Å². The highest BCUT2D eigenvalue weighted by Crippen LogP contribution is 2.34. The first kappa shape index (κ1) is 15.0. The van der Waals surface area contributed by atoms with E-state index >= 15 is 0 Å². The van der Waals surface area contributed by atoms with Crippen LogP contribution in [-0.2, 0) is 10.0 Å². The summed E-state index contributed by atoms with van der Waals surface area (Å²) in [6.45, 7) is 1.94. The maximum absolute atomic E-state index is 12.0. The molecule has 7 heteroatoms. The third kappa shape index (κ3) is 3.97. The van der Waals surface area contributed by atoms with Crippen LogP contribution in [0.1, 0.15) is 19.8 Å². The molecule has 1 heterocycles. The topological polar surface area (TPSA) is 46.2 Å². The molecule has 0 amide bonds. The lowest BCUT2D eigenvalue weighted by molar-refractivity contribution is 0.566. The van der Waals surface area contributed by atoms with Crippen LogP contribution < -0.4 is 4.72 Å². The summed E-state index contributed by atoms with van der Waals surface area (Å²) in [5.41, 5.74) is 0. The van der Waals surface area contributed by atoms with E-state index in [4.69, 9.17) is 18.0 Å². The second kappa shape index (κ2) is 6.21. The third-order valence-corrected chi connectivity index (χ3v) is 6.38. The molecule has 1 aromatic heterocycles. The van der Waals surface area contributed by atoms with Crippen molar-refractivity contribution in [2.75, 3.05) is 0 Å². The minimum atomic E-state index is -3.58. The number of nitrogens with one attached hydrogen (secondary N) is 1. The van der Waals surface area contributed by atoms with Gasteiger partial charge < -0.3 is 0 Å². The van der Waals surface area contributed by atoms with Crippen LogP contribution >= 0.6 is 38.9 Å². The van der Waals surface area contributed by atoms with Gasteiger partial charge in [-0.15, -0.1) is 17.8 Å². The lowest BCUT2D eigenvalue weighted by Gasteiger charge is -2.10. The molecular weight excluding hydrogens is 346 g/mol. The Morgan fingerprint density at radius 3 is 2.76 bits per heavy atom. The van der Waals surface area contributed by atoms with Crippen molar-refractivity contribution in [2.45, 2.75) is 30.0 Å². The van der Waals surface area contributed by atoms with Crippen LogP contribution in [0, 0.1) is 12.3 Å². The van der Waals surface area contributed by atoms with Crippen LogP contribution in [0.2, 0.25) is 5.02 Å². The second-order valence-corrected chi connectivity index (χ2v) is 8.03. The molecule has 0 bridgehead atoms. The monoisotopic (exact) mass is 355 g/mol. The van der Waals surface area contributed by atoms with Gasteiger partial charge in [0.15, 0.2) is 0 Å². The Morgan fingerprint density at radius 2 is 2.35 bits per heavy atom. The van der Waals surface area contributed by atoms with Gasteiger partial charge in [0.2, 0.25) is 0 Å². The molecule has 0 aromatic carbocycles. The molecule has 3 nitrogen and oxygen atoms in total. The first-order valence-corrected chi connectivity index (χ1v) is 8.31. The fourth-order valence-electron chi connectivity index (χ4n) is 1.17. The Bertz CT molecular complexity index is 513. The molecule has 0 saturated heterocycles. The van der Waals surface area contributed by atoms with Crippen LogP contribution in [0.15, 0.2) is 14.1 Å². The minimum Gasteiger partial charge on any atom is -0.206 e. The number of halogens is 2. The zero-order chi connectivity index (χ0) is 13.1. The van der Waals surface area contributed by atoms with E-state index in [-0.39, 0.29) is 4.21 Å². The first-order chi connectivity index (χ1) is 7.90. The Kier molecular flexibility index (Phi) is 5.48. The van der Waals surface area contributed by atoms with Gasteiger partial charge in [-0.3, -0.25) is 0 Å². The molecular formula is C10H11BrClNO2S2. The van der Waals surface area contributed by atoms with Crippen LogP contribution in [0.3, 0.4) is 0 Å². The standard InChI is InChI=1S/C10H11BrClNO2S2/c1-3-5-7(4-2)13-17(14,15)9-6-8(12)10(11)16-9/h2,6-7,13H,3,5H2,1H3. The lowest BCUT2D eigenvalue weighted by Crippen LogP contribution is -2.33. The van der Waals surface area contributed by atoms with Gasteiger partial charge in [0.05, 0.1) is 14.9 Å². The average molecular weight is 357 g/mol. The van der Waals surface area contributed by atoms with Crippen molar-refractivity contribution in [3.8, 4) is 12.3 Å². The molecule has 0 aliphatic carbocycles. The molecule has 1 unspecified atom stereocenters. The normalized spacial score (nSPS) is 13.3. The molecule has 0 saturated carbocycles. The highest BCUT2D eigenvalue weighted by atomic mass is 79.9. The summed E-state index contributed by atoms with van der Waals surface area (Å²) in [6, 6.07) is 0.919. The molecule has 94 valence electrons. The quantitative estimate of drug-likeness (QED) is 0.823. The molecule has 0 aliphatic heterocycles. The molecule has 1 atom stereocenters. The van der Waals surface area contributed by atoms with E-state index < -0.39 is 16.1 Å². The summed E-state index contributed by atoms with van der Waals surface area (Å²) in [7, 11) is -3.58. The van der Waals surface area contributed by atoms with Gasteiger partial charge in [-0.25, -0.2) is 8.42 Å². The van der Waals surface area contributed by atoms with Crippen LogP contribution in [0.25, 0.3) is 0 Å². The van der Waals surface area contributed by atoms with E-state index in [2.05, 4.69) is 26.6 Å². The van der Waals surface area contributed by atoms with Crippen LogP contribution in [-0.4, -0.2) is 14.5 Å². The molecule has 1 rings (SSSR count). The van der Waals surface area contributed by atoms with Crippen LogP contribution in [0.4, 0.5) is 0 Å². The molecule has 0 spiro atoms. The Labute approximate surface area is 119 Å². The molecule has 0 radical (unpaired) electrons. The highest BCUT2D eigenvalue weighted by molar-refractivity contribution is 9.11. The summed E-state index contributed by atoms with van der Waals surface area (Å²) in [5, 5.41) is 0.378. The van der Waals surface area contributed by atoms with E-state index in [9.17, 15) is 8.42 Å². The van der Waals surface area contributed by atoms with Gasteiger partial charge in [-0.1, -0.05) is 30.9 Å². The highest BCUT2D eigenvalue weighted by Gasteiger charge is 2.21. The van der Waals surface area contributed by atoms with E-state index in [0.717, 1.165) is 17.8 Å². The molecule has 17 heavy (non-hydrogen) atoms. The summed E-state index contributed by atoms with van der Waals surface area (Å²) < 4.78 is 27.1. The summed E-state index contributed by atoms with van der Waals surface area (Å²) in [5.74, 6) is 2.42. The Morgan fingerprint density at radius 1 is 1.71 bits per heavy atom. The van der Waals surface area contributed by atoms with Crippen molar-refractivity contribution >= 4 is 48.9 Å². The van der Waals surface area contributed by atoms with Crippen molar-refractivity contribution in [3.63, 3.8) is 0 Å². The molecule has 1 aromatic rings. The minimum absolute atomic E-state index is 0.158. The summed E-state index contributed by atoms with van der Waals surface area (Å²) in [4.78, 5) is 0. The number of sulfonamides is 1. The second-order valence-electron chi connectivity index (χ2n) is 3.32. The van der Waals surface area contributed by atoms with Gasteiger partial charge >= 0.3 is 0 Å². The van der Waals surface area contributed by atoms with Gasteiger partial charge in [-0.2, -0.15) is 4.72 Å². The first-order valence-electron chi connectivity index (χ1n) is 4.84. The van der Waals surface area contributed by atoms with Crippen molar-refractivity contribution in [1.29, 1.82) is 0 Å². The maximum atomic E-state index is 12.0. The predicted molar refractivity (Wildman–Crippen MR) is 74.9 cm³/mol. The average Bonchev–Trinajstić information content (AvgIpc) is 2.59. The summed E-state index contributed by atoms with van der Waals surface area (Å²) in [6.07, 6.45) is 6.69. The van der Waals surface area contributed by atoms with Crippen molar-refractivity contribution in [1.82, 2.24) is 4.72 Å². The number of hydrogen-bond acceptors (Lipinski definition) is 3. The summed E-state index contributed by atoms with van der Waals surface area (Å²) >= 11 is 10.0. The number of thiophene rings is 1. The van der Waals surface area contributed by atoms with Crippen molar-refractivity contribution in [3.05, 3.63) is 14.9 Å². The number of terminal acetylenes is 1. The molecule has 0 aliphatic rings. The molecule has 1 N–H and O–H groups in total. The predicted octanol–water partition coefficient (Wildman–Crippen LogP) is 3.24. The van der Waals surface area contributed by atoms with E-state index in [1.165, 1.54) is 6.07 Å². The fraction of sp³-hybridized carbons (Fsp3) is 0.400. The van der Waals surface area contributed by atoms with Gasteiger partial charge in [0.1, 0.15) is 4.21 Å². The van der Waals surface area contributed by atoms with E-state index in [1.54, 1.807) is 0 Å². The Balaban J connectivity index is 2.93. The number of hydrogen-bond donors (Lipinski definition) is 1. The van der Waals surface area contributed by atoms with Crippen molar-refractivity contribution in [2.24, 2.45) is 0 Å². The van der Waals surface area contributed by atoms with Crippen LogP contribution in [0.5, 0.6) is 0 Å². The fourth-order valence-corrected chi connectivity index (χ4v) is 4.78. The SMILES string of the molecule is C#CC(CCC)NS(=O)(=O)c1cc(Cl)c(Br)s1. The largest absolute Gasteiger partial charge is 0.251 e. The van der Waals surface area contributed by atoms with Gasteiger partial charge in [0.25, 0.3) is 10.0 Å². The smallest absolute Gasteiger partial charge is 0.206 e. The molecule has 0 fully saturated rings. The zero-order valence-electron chi connectivity index (χ0n) is 9.04. The number of rotatable bonds is 5.